The van der Waals surface area contributed by atoms with Gasteiger partial charge in [-0.2, -0.15) is 0 Å². The SMILES string of the molecule is CCCCNC(=O)[C@@H](CC)N(Cc1ccc(C)cc1)C(=O)CCSc1ccccc1. The molecule has 0 fully saturated rings. The molecule has 0 aromatic heterocycles. The zero-order chi connectivity index (χ0) is 21.8. The van der Waals surface area contributed by atoms with Crippen LogP contribution in [-0.2, 0) is 16.1 Å². The molecule has 0 saturated heterocycles. The first-order chi connectivity index (χ1) is 14.5. The number of nitrogens with zero attached hydrogens (tertiary/aromatic N) is 1. The van der Waals surface area contributed by atoms with Gasteiger partial charge >= 0.3 is 0 Å². The van der Waals surface area contributed by atoms with Crippen molar-refractivity contribution in [2.75, 3.05) is 12.3 Å². The average Bonchev–Trinajstić information content (AvgIpc) is 2.76. The monoisotopic (exact) mass is 426 g/mol. The van der Waals surface area contributed by atoms with Gasteiger partial charge < -0.3 is 10.2 Å². The summed E-state index contributed by atoms with van der Waals surface area (Å²) in [4.78, 5) is 28.9. The Labute approximate surface area is 185 Å². The first-order valence-electron chi connectivity index (χ1n) is 10.9. The second kappa shape index (κ2) is 13.1. The van der Waals surface area contributed by atoms with Crippen molar-refractivity contribution in [1.29, 1.82) is 0 Å². The molecule has 1 N–H and O–H groups in total. The number of nitrogens with one attached hydrogen (secondary N) is 1. The van der Waals surface area contributed by atoms with Crippen LogP contribution < -0.4 is 5.32 Å². The molecular weight excluding hydrogens is 392 g/mol. The summed E-state index contributed by atoms with van der Waals surface area (Å²) in [6, 6.07) is 17.8. The van der Waals surface area contributed by atoms with Gasteiger partial charge in [0.05, 0.1) is 0 Å². The highest BCUT2D eigenvalue weighted by Crippen LogP contribution is 2.20. The fourth-order valence-corrected chi connectivity index (χ4v) is 4.09. The van der Waals surface area contributed by atoms with Crippen molar-refractivity contribution in [1.82, 2.24) is 10.2 Å². The van der Waals surface area contributed by atoms with Gasteiger partial charge in [-0.25, -0.2) is 0 Å². The molecule has 2 amide bonds. The Morgan fingerprint density at radius 1 is 1.03 bits per heavy atom. The van der Waals surface area contributed by atoms with Gasteiger partial charge in [-0.1, -0.05) is 68.3 Å². The number of aryl methyl sites for hydroxylation is 1. The van der Waals surface area contributed by atoms with Gasteiger partial charge in [0.1, 0.15) is 6.04 Å². The van der Waals surface area contributed by atoms with Gasteiger partial charge in [0, 0.05) is 30.2 Å². The van der Waals surface area contributed by atoms with Crippen LogP contribution >= 0.6 is 11.8 Å². The maximum Gasteiger partial charge on any atom is 0.242 e. The van der Waals surface area contributed by atoms with Crippen LogP contribution in [0.15, 0.2) is 59.5 Å². The Hall–Kier alpha value is -2.27. The van der Waals surface area contributed by atoms with Crippen molar-refractivity contribution in [3.63, 3.8) is 0 Å². The Bertz CT molecular complexity index is 777. The third-order valence-corrected chi connectivity index (χ3v) is 6.03. The van der Waals surface area contributed by atoms with Crippen LogP contribution in [0.1, 0.15) is 50.7 Å². The molecule has 2 aromatic rings. The molecular formula is C25H34N2O2S. The zero-order valence-corrected chi connectivity index (χ0v) is 19.2. The smallest absolute Gasteiger partial charge is 0.242 e. The third-order valence-electron chi connectivity index (χ3n) is 5.02. The van der Waals surface area contributed by atoms with Gasteiger partial charge in [-0.3, -0.25) is 9.59 Å². The third kappa shape index (κ3) is 7.86. The van der Waals surface area contributed by atoms with E-state index in [1.165, 1.54) is 5.56 Å². The standard InChI is InChI=1S/C25H34N2O2S/c1-4-6-17-26-25(29)23(5-2)27(19-21-14-12-20(3)13-15-21)24(28)16-18-30-22-10-8-7-9-11-22/h7-15,23H,4-6,16-19H2,1-3H3,(H,26,29)/t23-/m1/s1. The number of carbonyl (C=O) groups is 2. The lowest BCUT2D eigenvalue weighted by atomic mass is 10.1. The number of benzene rings is 2. The van der Waals surface area contributed by atoms with E-state index in [2.05, 4.69) is 24.4 Å². The molecule has 0 radical (unpaired) electrons. The molecule has 0 heterocycles. The van der Waals surface area contributed by atoms with Gasteiger partial charge in [0.2, 0.25) is 11.8 Å². The highest BCUT2D eigenvalue weighted by molar-refractivity contribution is 7.99. The van der Waals surface area contributed by atoms with Crippen LogP contribution in [0.2, 0.25) is 0 Å². The van der Waals surface area contributed by atoms with E-state index in [9.17, 15) is 9.59 Å². The highest BCUT2D eigenvalue weighted by atomic mass is 32.2. The Morgan fingerprint density at radius 3 is 2.37 bits per heavy atom. The van der Waals surface area contributed by atoms with E-state index >= 15 is 0 Å². The number of thioether (sulfide) groups is 1. The number of unbranched alkanes of at least 4 members (excludes halogenated alkanes) is 1. The summed E-state index contributed by atoms with van der Waals surface area (Å²) in [6.07, 6.45) is 2.98. The Kier molecular flexibility index (Phi) is 10.5. The largest absolute Gasteiger partial charge is 0.354 e. The van der Waals surface area contributed by atoms with Gasteiger partial charge in [-0.15, -0.1) is 11.8 Å². The van der Waals surface area contributed by atoms with Crippen LogP contribution in [0.25, 0.3) is 0 Å². The topological polar surface area (TPSA) is 49.4 Å². The Balaban J connectivity index is 2.08. The summed E-state index contributed by atoms with van der Waals surface area (Å²) >= 11 is 1.67. The van der Waals surface area contributed by atoms with Crippen molar-refractivity contribution >= 4 is 23.6 Å². The van der Waals surface area contributed by atoms with E-state index < -0.39 is 6.04 Å². The van der Waals surface area contributed by atoms with Crippen LogP contribution in [0.4, 0.5) is 0 Å². The molecule has 5 heteroatoms. The number of carbonyl (C=O) groups excluding carboxylic acids is 2. The first-order valence-corrected chi connectivity index (χ1v) is 11.8. The number of rotatable bonds is 12. The number of amides is 2. The van der Waals surface area contributed by atoms with Crippen molar-refractivity contribution in [3.8, 4) is 0 Å². The molecule has 0 spiro atoms. The van der Waals surface area contributed by atoms with E-state index in [1.807, 2.05) is 56.3 Å². The zero-order valence-electron chi connectivity index (χ0n) is 18.4. The predicted molar refractivity (Wildman–Crippen MR) is 126 cm³/mol. The lowest BCUT2D eigenvalue weighted by Gasteiger charge is -2.30. The number of hydrogen-bond acceptors (Lipinski definition) is 3. The summed E-state index contributed by atoms with van der Waals surface area (Å²) in [5, 5.41) is 3.01. The van der Waals surface area contributed by atoms with E-state index in [0.29, 0.717) is 31.7 Å². The molecule has 0 saturated carbocycles. The van der Waals surface area contributed by atoms with Crippen molar-refractivity contribution < 1.29 is 9.59 Å². The van der Waals surface area contributed by atoms with Crippen LogP contribution in [0.3, 0.4) is 0 Å². The summed E-state index contributed by atoms with van der Waals surface area (Å²) in [5.41, 5.74) is 2.23. The first kappa shape index (κ1) is 24.0. The second-order valence-electron chi connectivity index (χ2n) is 7.49. The minimum Gasteiger partial charge on any atom is -0.354 e. The van der Waals surface area contributed by atoms with E-state index in [0.717, 1.165) is 23.3 Å². The van der Waals surface area contributed by atoms with Crippen molar-refractivity contribution in [3.05, 3.63) is 65.7 Å². The van der Waals surface area contributed by atoms with E-state index in [1.54, 1.807) is 16.7 Å². The minimum absolute atomic E-state index is 0.0245. The van der Waals surface area contributed by atoms with Crippen LogP contribution in [0.5, 0.6) is 0 Å². The molecule has 2 rings (SSSR count). The number of hydrogen-bond donors (Lipinski definition) is 1. The van der Waals surface area contributed by atoms with E-state index in [-0.39, 0.29) is 11.8 Å². The quantitative estimate of drug-likeness (QED) is 0.375. The lowest BCUT2D eigenvalue weighted by Crippen LogP contribution is -2.49. The average molecular weight is 427 g/mol. The summed E-state index contributed by atoms with van der Waals surface area (Å²) in [6.45, 7) is 7.22. The minimum atomic E-state index is -0.447. The molecule has 30 heavy (non-hydrogen) atoms. The Morgan fingerprint density at radius 2 is 1.73 bits per heavy atom. The molecule has 1 atom stereocenters. The normalized spacial score (nSPS) is 11.7. The molecule has 162 valence electrons. The lowest BCUT2D eigenvalue weighted by molar-refractivity contribution is -0.141. The molecule has 4 nitrogen and oxygen atoms in total. The molecule has 0 aliphatic carbocycles. The molecule has 0 unspecified atom stereocenters. The van der Waals surface area contributed by atoms with Gasteiger partial charge in [0.15, 0.2) is 0 Å². The van der Waals surface area contributed by atoms with Crippen LogP contribution in [-0.4, -0.2) is 35.1 Å². The summed E-state index contributed by atoms with van der Waals surface area (Å²) in [7, 11) is 0. The molecule has 0 bridgehead atoms. The molecule has 2 aromatic carbocycles. The summed E-state index contributed by atoms with van der Waals surface area (Å²) < 4.78 is 0. The van der Waals surface area contributed by atoms with Crippen molar-refractivity contribution in [2.45, 2.75) is 63.9 Å². The van der Waals surface area contributed by atoms with Gasteiger partial charge in [-0.05, 0) is 37.5 Å². The molecule has 0 aliphatic rings. The maximum absolute atomic E-state index is 13.2. The predicted octanol–water partition coefficient (Wildman–Crippen LogP) is 5.20. The summed E-state index contributed by atoms with van der Waals surface area (Å²) in [5.74, 6) is 0.667. The van der Waals surface area contributed by atoms with Crippen molar-refractivity contribution in [2.24, 2.45) is 0 Å². The second-order valence-corrected chi connectivity index (χ2v) is 8.66. The van der Waals surface area contributed by atoms with E-state index in [4.69, 9.17) is 0 Å². The van der Waals surface area contributed by atoms with Gasteiger partial charge in [0.25, 0.3) is 0 Å². The highest BCUT2D eigenvalue weighted by Gasteiger charge is 2.28. The maximum atomic E-state index is 13.2. The van der Waals surface area contributed by atoms with Crippen LogP contribution in [0, 0.1) is 6.92 Å². The fraction of sp³-hybridized carbons (Fsp3) is 0.440. The fourth-order valence-electron chi connectivity index (χ4n) is 3.23. The molecule has 0 aliphatic heterocycles.